The standard InChI is InChI=1S/C14H15NO3/c16-13(15-9-10-4-1-2-5-10)11-6-3-7-12(8-11)14(17)18/h3-4,6-8H,1-2,5,9H2,(H,15,16)(H,17,18). The van der Waals surface area contributed by atoms with Gasteiger partial charge in [0.25, 0.3) is 5.91 Å². The first kappa shape index (κ1) is 12.4. The molecule has 1 amide bonds. The maximum Gasteiger partial charge on any atom is 0.335 e. The Morgan fingerprint density at radius 2 is 2.06 bits per heavy atom. The molecule has 0 fully saturated rings. The molecule has 0 atom stereocenters. The van der Waals surface area contributed by atoms with Crippen LogP contribution in [-0.2, 0) is 0 Å². The van der Waals surface area contributed by atoms with Gasteiger partial charge in [-0.25, -0.2) is 4.79 Å². The Balaban J connectivity index is 1.99. The van der Waals surface area contributed by atoms with Crippen LogP contribution >= 0.6 is 0 Å². The predicted molar refractivity (Wildman–Crippen MR) is 67.7 cm³/mol. The second kappa shape index (κ2) is 5.49. The van der Waals surface area contributed by atoms with Gasteiger partial charge in [0, 0.05) is 12.1 Å². The van der Waals surface area contributed by atoms with Gasteiger partial charge >= 0.3 is 5.97 Å². The van der Waals surface area contributed by atoms with Crippen molar-refractivity contribution in [1.29, 1.82) is 0 Å². The minimum absolute atomic E-state index is 0.128. The molecule has 1 aromatic carbocycles. The van der Waals surface area contributed by atoms with E-state index < -0.39 is 5.97 Å². The number of allylic oxidation sites excluding steroid dienone is 1. The van der Waals surface area contributed by atoms with Gasteiger partial charge in [-0.2, -0.15) is 0 Å². The van der Waals surface area contributed by atoms with Crippen LogP contribution in [0.25, 0.3) is 0 Å². The molecular weight excluding hydrogens is 230 g/mol. The topological polar surface area (TPSA) is 66.4 Å². The van der Waals surface area contributed by atoms with E-state index in [1.165, 1.54) is 17.7 Å². The number of benzene rings is 1. The SMILES string of the molecule is O=C(O)c1cccc(C(=O)NCC2=CCCC2)c1. The van der Waals surface area contributed by atoms with E-state index in [-0.39, 0.29) is 11.5 Å². The van der Waals surface area contributed by atoms with Gasteiger partial charge in [0.1, 0.15) is 0 Å². The first-order chi connectivity index (χ1) is 8.66. The molecule has 0 heterocycles. The van der Waals surface area contributed by atoms with E-state index in [4.69, 9.17) is 5.11 Å². The van der Waals surface area contributed by atoms with Crippen LogP contribution in [0.15, 0.2) is 35.9 Å². The van der Waals surface area contributed by atoms with Crippen molar-refractivity contribution >= 4 is 11.9 Å². The fraction of sp³-hybridized carbons (Fsp3) is 0.286. The first-order valence-electron chi connectivity index (χ1n) is 5.96. The second-order valence-corrected chi connectivity index (χ2v) is 4.32. The van der Waals surface area contributed by atoms with Gasteiger partial charge in [-0.05, 0) is 37.5 Å². The van der Waals surface area contributed by atoms with Crippen LogP contribution in [0.5, 0.6) is 0 Å². The van der Waals surface area contributed by atoms with Crippen LogP contribution in [0.3, 0.4) is 0 Å². The van der Waals surface area contributed by atoms with Gasteiger partial charge in [-0.3, -0.25) is 4.79 Å². The van der Waals surface area contributed by atoms with Crippen LogP contribution in [-0.4, -0.2) is 23.5 Å². The number of hydrogen-bond acceptors (Lipinski definition) is 2. The third-order valence-corrected chi connectivity index (χ3v) is 2.98. The fourth-order valence-corrected chi connectivity index (χ4v) is 1.99. The Labute approximate surface area is 105 Å². The number of nitrogens with one attached hydrogen (secondary N) is 1. The van der Waals surface area contributed by atoms with Gasteiger partial charge in [0.2, 0.25) is 0 Å². The number of carbonyl (C=O) groups is 2. The smallest absolute Gasteiger partial charge is 0.335 e. The lowest BCUT2D eigenvalue weighted by molar-refractivity contribution is 0.0697. The number of carbonyl (C=O) groups excluding carboxylic acids is 1. The van der Waals surface area contributed by atoms with Crippen molar-refractivity contribution in [3.05, 3.63) is 47.0 Å². The van der Waals surface area contributed by atoms with Crippen molar-refractivity contribution in [3.63, 3.8) is 0 Å². The Kier molecular flexibility index (Phi) is 3.77. The fourth-order valence-electron chi connectivity index (χ4n) is 1.99. The molecule has 1 aliphatic rings. The molecule has 0 saturated heterocycles. The lowest BCUT2D eigenvalue weighted by Crippen LogP contribution is -2.25. The van der Waals surface area contributed by atoms with Gasteiger partial charge in [-0.1, -0.05) is 17.7 Å². The van der Waals surface area contributed by atoms with E-state index >= 15 is 0 Å². The van der Waals surface area contributed by atoms with E-state index in [1.807, 2.05) is 0 Å². The average Bonchev–Trinajstić information content (AvgIpc) is 2.89. The maximum atomic E-state index is 11.8. The average molecular weight is 245 g/mol. The predicted octanol–water partition coefficient (Wildman–Crippen LogP) is 2.22. The van der Waals surface area contributed by atoms with Crippen LogP contribution < -0.4 is 5.32 Å². The molecule has 0 unspecified atom stereocenters. The maximum absolute atomic E-state index is 11.8. The molecule has 2 rings (SSSR count). The van der Waals surface area contributed by atoms with Crippen molar-refractivity contribution in [1.82, 2.24) is 5.32 Å². The highest BCUT2D eigenvalue weighted by molar-refractivity contribution is 5.97. The highest BCUT2D eigenvalue weighted by atomic mass is 16.4. The van der Waals surface area contributed by atoms with E-state index in [9.17, 15) is 9.59 Å². The van der Waals surface area contributed by atoms with Crippen molar-refractivity contribution in [2.24, 2.45) is 0 Å². The first-order valence-corrected chi connectivity index (χ1v) is 5.96. The zero-order valence-corrected chi connectivity index (χ0v) is 9.98. The Morgan fingerprint density at radius 3 is 2.72 bits per heavy atom. The summed E-state index contributed by atoms with van der Waals surface area (Å²) in [6, 6.07) is 6.05. The summed E-state index contributed by atoms with van der Waals surface area (Å²) in [5, 5.41) is 11.7. The summed E-state index contributed by atoms with van der Waals surface area (Å²) < 4.78 is 0. The van der Waals surface area contributed by atoms with Gasteiger partial charge in [0.05, 0.1) is 5.56 Å². The minimum atomic E-state index is -1.02. The lowest BCUT2D eigenvalue weighted by Gasteiger charge is -2.06. The summed E-state index contributed by atoms with van der Waals surface area (Å²) in [5.74, 6) is -1.26. The Morgan fingerprint density at radius 1 is 1.28 bits per heavy atom. The molecule has 18 heavy (non-hydrogen) atoms. The number of amides is 1. The molecule has 0 saturated carbocycles. The van der Waals surface area contributed by atoms with Crippen LogP contribution in [0.4, 0.5) is 0 Å². The monoisotopic (exact) mass is 245 g/mol. The van der Waals surface area contributed by atoms with Crippen LogP contribution in [0.2, 0.25) is 0 Å². The number of carboxylic acids is 1. The van der Waals surface area contributed by atoms with Crippen molar-refractivity contribution in [2.75, 3.05) is 6.54 Å². The third-order valence-electron chi connectivity index (χ3n) is 2.98. The molecule has 4 nitrogen and oxygen atoms in total. The summed E-state index contributed by atoms with van der Waals surface area (Å²) >= 11 is 0. The summed E-state index contributed by atoms with van der Waals surface area (Å²) in [6.07, 6.45) is 5.42. The highest BCUT2D eigenvalue weighted by Gasteiger charge is 2.10. The largest absolute Gasteiger partial charge is 0.478 e. The van der Waals surface area contributed by atoms with Crippen molar-refractivity contribution in [3.8, 4) is 0 Å². The van der Waals surface area contributed by atoms with Gasteiger partial charge in [0.15, 0.2) is 0 Å². The minimum Gasteiger partial charge on any atom is -0.478 e. The van der Waals surface area contributed by atoms with E-state index in [2.05, 4.69) is 11.4 Å². The van der Waals surface area contributed by atoms with Gasteiger partial charge < -0.3 is 10.4 Å². The van der Waals surface area contributed by atoms with Crippen LogP contribution in [0.1, 0.15) is 40.0 Å². The van der Waals surface area contributed by atoms with Gasteiger partial charge in [-0.15, -0.1) is 0 Å². The number of carboxylic acid groups (broad SMARTS) is 1. The molecular formula is C14H15NO3. The molecule has 2 N–H and O–H groups in total. The molecule has 0 aromatic heterocycles. The lowest BCUT2D eigenvalue weighted by atomic mass is 10.1. The summed E-state index contributed by atoms with van der Waals surface area (Å²) in [5.41, 5.74) is 1.76. The summed E-state index contributed by atoms with van der Waals surface area (Å²) in [6.45, 7) is 0.552. The van der Waals surface area contributed by atoms with Crippen LogP contribution in [0, 0.1) is 0 Å². The van der Waals surface area contributed by atoms with E-state index in [1.54, 1.807) is 12.1 Å². The molecule has 0 aliphatic heterocycles. The van der Waals surface area contributed by atoms with E-state index in [0.717, 1.165) is 19.3 Å². The number of rotatable bonds is 4. The molecule has 0 radical (unpaired) electrons. The van der Waals surface area contributed by atoms with Crippen molar-refractivity contribution < 1.29 is 14.7 Å². The zero-order valence-electron chi connectivity index (χ0n) is 9.98. The molecule has 4 heteroatoms. The number of aromatic carboxylic acids is 1. The van der Waals surface area contributed by atoms with Crippen molar-refractivity contribution in [2.45, 2.75) is 19.3 Å². The highest BCUT2D eigenvalue weighted by Crippen LogP contribution is 2.16. The molecule has 0 spiro atoms. The molecule has 94 valence electrons. The second-order valence-electron chi connectivity index (χ2n) is 4.32. The zero-order chi connectivity index (χ0) is 13.0. The summed E-state index contributed by atoms with van der Waals surface area (Å²) in [4.78, 5) is 22.6. The summed E-state index contributed by atoms with van der Waals surface area (Å²) in [7, 11) is 0. The molecule has 1 aromatic rings. The normalized spacial score (nSPS) is 14.1. The van der Waals surface area contributed by atoms with E-state index in [0.29, 0.717) is 12.1 Å². The Hall–Kier alpha value is -2.10. The third kappa shape index (κ3) is 2.97. The quantitative estimate of drug-likeness (QED) is 0.799. The molecule has 1 aliphatic carbocycles. The number of hydrogen-bond donors (Lipinski definition) is 2. The molecule has 0 bridgehead atoms. The Bertz CT molecular complexity index is 506.